The lowest BCUT2D eigenvalue weighted by atomic mass is 9.96. The minimum Gasteiger partial charge on any atom is -0.396 e. The lowest BCUT2D eigenvalue weighted by Gasteiger charge is -2.34. The Morgan fingerprint density at radius 2 is 2.04 bits per heavy atom. The number of carbonyl (C=O) groups excluding carboxylic acids is 2. The summed E-state index contributed by atoms with van der Waals surface area (Å²) < 4.78 is 0. The number of hydrogen-bond acceptors (Lipinski definition) is 3. The highest BCUT2D eigenvalue weighted by molar-refractivity contribution is 5.98. The van der Waals surface area contributed by atoms with Crippen molar-refractivity contribution in [2.45, 2.75) is 46.1 Å². The average molecular weight is 335 g/mol. The summed E-state index contributed by atoms with van der Waals surface area (Å²) in [6.45, 7) is 7.42. The zero-order valence-electron chi connectivity index (χ0n) is 14.8. The van der Waals surface area contributed by atoms with Crippen molar-refractivity contribution in [1.82, 2.24) is 15.2 Å². The molecular formula is C18H29N3O3. The van der Waals surface area contributed by atoms with E-state index >= 15 is 0 Å². The smallest absolute Gasteiger partial charge is 0.253 e. The number of hydrogen-bond donors (Lipinski definition) is 3. The van der Waals surface area contributed by atoms with Crippen LogP contribution in [0.3, 0.4) is 0 Å². The van der Waals surface area contributed by atoms with E-state index in [2.05, 4.69) is 10.3 Å². The van der Waals surface area contributed by atoms with Gasteiger partial charge in [-0.2, -0.15) is 0 Å². The molecule has 6 nitrogen and oxygen atoms in total. The van der Waals surface area contributed by atoms with Crippen LogP contribution in [0.1, 0.15) is 49.2 Å². The van der Waals surface area contributed by atoms with E-state index in [4.69, 9.17) is 0 Å². The number of aliphatic hydroxyl groups is 1. The number of aromatic nitrogens is 1. The molecule has 2 amide bonds. The molecule has 1 saturated heterocycles. The van der Waals surface area contributed by atoms with Gasteiger partial charge in [-0.3, -0.25) is 9.59 Å². The quantitative estimate of drug-likeness (QED) is 0.740. The SMILES string of the molecule is Cc1[nH]ccc1C(=O)N[C@@H](CC(C)C)C(=O)N1CCC(CO)CC1. The molecule has 1 aliphatic rings. The van der Waals surface area contributed by atoms with E-state index in [1.54, 1.807) is 12.3 Å². The molecule has 3 N–H and O–H groups in total. The third kappa shape index (κ3) is 4.60. The molecule has 1 aromatic heterocycles. The summed E-state index contributed by atoms with van der Waals surface area (Å²) >= 11 is 0. The number of nitrogens with zero attached hydrogens (tertiary/aromatic N) is 1. The van der Waals surface area contributed by atoms with E-state index in [-0.39, 0.29) is 24.3 Å². The summed E-state index contributed by atoms with van der Waals surface area (Å²) in [4.78, 5) is 30.1. The van der Waals surface area contributed by atoms with Crippen molar-refractivity contribution in [3.63, 3.8) is 0 Å². The second-order valence-electron chi connectivity index (χ2n) is 7.12. The zero-order chi connectivity index (χ0) is 17.7. The molecule has 1 aliphatic heterocycles. The molecule has 1 atom stereocenters. The largest absolute Gasteiger partial charge is 0.396 e. The van der Waals surface area contributed by atoms with Crippen molar-refractivity contribution in [2.24, 2.45) is 11.8 Å². The van der Waals surface area contributed by atoms with Crippen LogP contribution < -0.4 is 5.32 Å². The van der Waals surface area contributed by atoms with Crippen LogP contribution in [0.4, 0.5) is 0 Å². The Bertz CT molecular complexity index is 560. The number of rotatable bonds is 6. The highest BCUT2D eigenvalue weighted by atomic mass is 16.3. The summed E-state index contributed by atoms with van der Waals surface area (Å²) in [5, 5.41) is 12.1. The van der Waals surface area contributed by atoms with Crippen molar-refractivity contribution < 1.29 is 14.7 Å². The monoisotopic (exact) mass is 335 g/mol. The van der Waals surface area contributed by atoms with Gasteiger partial charge in [-0.1, -0.05) is 13.8 Å². The van der Waals surface area contributed by atoms with Crippen LogP contribution in [0.2, 0.25) is 0 Å². The molecule has 2 rings (SSSR count). The number of H-pyrrole nitrogens is 1. The zero-order valence-corrected chi connectivity index (χ0v) is 14.8. The van der Waals surface area contributed by atoms with Crippen molar-refractivity contribution in [3.8, 4) is 0 Å². The highest BCUT2D eigenvalue weighted by Gasteiger charge is 2.30. The van der Waals surface area contributed by atoms with Crippen LogP contribution in [0, 0.1) is 18.8 Å². The first-order valence-electron chi connectivity index (χ1n) is 8.76. The predicted octanol–water partition coefficient (Wildman–Crippen LogP) is 1.70. The van der Waals surface area contributed by atoms with Gasteiger partial charge in [0.2, 0.25) is 5.91 Å². The van der Waals surface area contributed by atoms with Crippen molar-refractivity contribution >= 4 is 11.8 Å². The Kier molecular flexibility index (Phi) is 6.43. The molecule has 134 valence electrons. The van der Waals surface area contributed by atoms with Gasteiger partial charge < -0.3 is 20.3 Å². The first-order valence-corrected chi connectivity index (χ1v) is 8.76. The lowest BCUT2D eigenvalue weighted by Crippen LogP contribution is -2.51. The van der Waals surface area contributed by atoms with E-state index < -0.39 is 6.04 Å². The number of aliphatic hydroxyl groups excluding tert-OH is 1. The Hall–Kier alpha value is -1.82. The fourth-order valence-corrected chi connectivity index (χ4v) is 3.18. The summed E-state index contributed by atoms with van der Waals surface area (Å²) in [6.07, 6.45) is 3.99. The normalized spacial score (nSPS) is 17.1. The molecule has 0 unspecified atom stereocenters. The van der Waals surface area contributed by atoms with E-state index in [0.29, 0.717) is 31.0 Å². The Labute approximate surface area is 143 Å². The molecule has 0 saturated carbocycles. The molecule has 0 bridgehead atoms. The third-order valence-electron chi connectivity index (χ3n) is 4.69. The van der Waals surface area contributed by atoms with E-state index in [1.165, 1.54) is 0 Å². The maximum atomic E-state index is 12.9. The number of likely N-dealkylation sites (tertiary alicyclic amines) is 1. The predicted molar refractivity (Wildman–Crippen MR) is 92.6 cm³/mol. The maximum absolute atomic E-state index is 12.9. The van der Waals surface area contributed by atoms with Crippen molar-refractivity contribution in [3.05, 3.63) is 23.5 Å². The molecule has 0 aliphatic carbocycles. The van der Waals surface area contributed by atoms with Crippen LogP contribution in [-0.2, 0) is 4.79 Å². The van der Waals surface area contributed by atoms with Gasteiger partial charge in [-0.25, -0.2) is 0 Å². The van der Waals surface area contributed by atoms with Gasteiger partial charge in [0.1, 0.15) is 6.04 Å². The minimum absolute atomic E-state index is 0.0124. The Morgan fingerprint density at radius 3 is 2.54 bits per heavy atom. The summed E-state index contributed by atoms with van der Waals surface area (Å²) in [6, 6.07) is 1.23. The standard InChI is InChI=1S/C18H29N3O3/c1-12(2)10-16(20-17(23)15-4-7-19-13(15)3)18(24)21-8-5-14(11-22)6-9-21/h4,7,12,14,16,19,22H,5-6,8-11H2,1-3H3,(H,20,23)/t16-/m0/s1. The van der Waals surface area contributed by atoms with Gasteiger partial charge in [-0.15, -0.1) is 0 Å². The number of aromatic amines is 1. The van der Waals surface area contributed by atoms with E-state index in [0.717, 1.165) is 18.5 Å². The minimum atomic E-state index is -0.502. The average Bonchev–Trinajstić information content (AvgIpc) is 2.99. The Balaban J connectivity index is 2.03. The van der Waals surface area contributed by atoms with Crippen LogP contribution in [0.15, 0.2) is 12.3 Å². The molecule has 6 heteroatoms. The molecule has 24 heavy (non-hydrogen) atoms. The van der Waals surface area contributed by atoms with Gasteiger partial charge in [0, 0.05) is 31.6 Å². The van der Waals surface area contributed by atoms with Crippen molar-refractivity contribution in [2.75, 3.05) is 19.7 Å². The van der Waals surface area contributed by atoms with E-state index in [9.17, 15) is 14.7 Å². The third-order valence-corrected chi connectivity index (χ3v) is 4.69. The second kappa shape index (κ2) is 8.33. The fourth-order valence-electron chi connectivity index (χ4n) is 3.18. The number of nitrogens with one attached hydrogen (secondary N) is 2. The van der Waals surface area contributed by atoms with Gasteiger partial charge in [0.25, 0.3) is 5.91 Å². The molecular weight excluding hydrogens is 306 g/mol. The fraction of sp³-hybridized carbons (Fsp3) is 0.667. The second-order valence-corrected chi connectivity index (χ2v) is 7.12. The maximum Gasteiger partial charge on any atom is 0.253 e. The summed E-state index contributed by atoms with van der Waals surface area (Å²) in [7, 11) is 0. The molecule has 0 radical (unpaired) electrons. The summed E-state index contributed by atoms with van der Waals surface area (Å²) in [5.41, 5.74) is 1.38. The number of amides is 2. The van der Waals surface area contributed by atoms with Crippen LogP contribution in [-0.4, -0.2) is 52.5 Å². The Morgan fingerprint density at radius 1 is 1.38 bits per heavy atom. The van der Waals surface area contributed by atoms with Crippen LogP contribution in [0.5, 0.6) is 0 Å². The molecule has 1 aromatic rings. The van der Waals surface area contributed by atoms with Gasteiger partial charge in [-0.05, 0) is 44.1 Å². The van der Waals surface area contributed by atoms with Gasteiger partial charge in [0.05, 0.1) is 5.56 Å². The highest BCUT2D eigenvalue weighted by Crippen LogP contribution is 2.19. The van der Waals surface area contributed by atoms with Crippen LogP contribution >= 0.6 is 0 Å². The molecule has 1 fully saturated rings. The van der Waals surface area contributed by atoms with E-state index in [1.807, 2.05) is 25.7 Å². The lowest BCUT2D eigenvalue weighted by molar-refractivity contribution is -0.135. The molecule has 0 aromatic carbocycles. The van der Waals surface area contributed by atoms with Crippen LogP contribution in [0.25, 0.3) is 0 Å². The molecule has 0 spiro atoms. The first-order chi connectivity index (χ1) is 11.4. The molecule has 2 heterocycles. The topological polar surface area (TPSA) is 85.4 Å². The first kappa shape index (κ1) is 18.5. The van der Waals surface area contributed by atoms with Crippen molar-refractivity contribution in [1.29, 1.82) is 0 Å². The number of carbonyl (C=O) groups is 2. The number of piperidine rings is 1. The van der Waals surface area contributed by atoms with Gasteiger partial charge in [0.15, 0.2) is 0 Å². The van der Waals surface area contributed by atoms with Gasteiger partial charge >= 0.3 is 0 Å². The number of aryl methyl sites for hydroxylation is 1. The summed E-state index contributed by atoms with van der Waals surface area (Å²) in [5.74, 6) is 0.371.